The molecule has 0 N–H and O–H groups in total. The van der Waals surface area contributed by atoms with Gasteiger partial charge in [0.25, 0.3) is 0 Å². The van der Waals surface area contributed by atoms with Crippen molar-refractivity contribution in [3.8, 4) is 0 Å². The summed E-state index contributed by atoms with van der Waals surface area (Å²) in [6, 6.07) is 4.27. The second-order valence-corrected chi connectivity index (χ2v) is 10.2. The van der Waals surface area contributed by atoms with Crippen LogP contribution in [0.2, 0.25) is 0 Å². The summed E-state index contributed by atoms with van der Waals surface area (Å²) in [5, 5.41) is -0.238. The lowest BCUT2D eigenvalue weighted by molar-refractivity contribution is 0.0386. The van der Waals surface area contributed by atoms with Gasteiger partial charge in [-0.05, 0) is 65.1 Å². The van der Waals surface area contributed by atoms with E-state index in [1.54, 1.807) is 12.4 Å². The van der Waals surface area contributed by atoms with Crippen molar-refractivity contribution in [1.29, 1.82) is 0 Å². The van der Waals surface area contributed by atoms with E-state index >= 15 is 0 Å². The molecule has 1 atom stereocenters. The van der Waals surface area contributed by atoms with Crippen molar-refractivity contribution in [3.05, 3.63) is 52.0 Å². The van der Waals surface area contributed by atoms with E-state index < -0.39 is 0 Å². The molecule has 7 heteroatoms. The maximum atomic E-state index is 14.3. The van der Waals surface area contributed by atoms with Gasteiger partial charge in [-0.3, -0.25) is 14.9 Å². The predicted molar refractivity (Wildman–Crippen MR) is 123 cm³/mol. The SMILES string of the molecule is CCOC[C@]1(CCc2sc(F)c3nccnc23)CCN(C(C)(C)c2ccc(C)nc2)C1. The summed E-state index contributed by atoms with van der Waals surface area (Å²) in [7, 11) is 0. The summed E-state index contributed by atoms with van der Waals surface area (Å²) in [5.41, 5.74) is 3.29. The second-order valence-electron chi connectivity index (χ2n) is 9.11. The lowest BCUT2D eigenvalue weighted by Gasteiger charge is -2.38. The first-order valence-corrected chi connectivity index (χ1v) is 11.8. The number of ether oxygens (including phenoxy) is 1. The van der Waals surface area contributed by atoms with E-state index in [9.17, 15) is 4.39 Å². The molecule has 31 heavy (non-hydrogen) atoms. The molecule has 0 radical (unpaired) electrons. The minimum atomic E-state index is -0.238. The summed E-state index contributed by atoms with van der Waals surface area (Å²) in [5.74, 6) is 0. The Morgan fingerprint density at radius 3 is 2.68 bits per heavy atom. The van der Waals surface area contributed by atoms with E-state index in [0.29, 0.717) is 17.6 Å². The fraction of sp³-hybridized carbons (Fsp3) is 0.542. The third-order valence-electron chi connectivity index (χ3n) is 6.70. The number of hydrogen-bond acceptors (Lipinski definition) is 6. The quantitative estimate of drug-likeness (QED) is 0.484. The smallest absolute Gasteiger partial charge is 0.204 e. The summed E-state index contributed by atoms with van der Waals surface area (Å²) < 4.78 is 20.3. The highest BCUT2D eigenvalue weighted by Gasteiger charge is 2.43. The monoisotopic (exact) mass is 442 g/mol. The maximum absolute atomic E-state index is 14.3. The standard InChI is InChI=1S/C24H31FN4OS/c1-5-30-16-24(9-8-19-20-21(22(25)31-19)27-12-11-26-20)10-13-29(15-24)23(3,4)18-7-6-17(2)28-14-18/h6-7,11-12,14H,5,8-10,13,15-16H2,1-4H3/t24-/m1/s1. The van der Waals surface area contributed by atoms with Crippen molar-refractivity contribution in [3.63, 3.8) is 0 Å². The molecule has 3 aromatic heterocycles. The molecule has 3 aromatic rings. The Kier molecular flexibility index (Phi) is 6.37. The molecule has 5 nitrogen and oxygen atoms in total. The van der Waals surface area contributed by atoms with Gasteiger partial charge in [-0.1, -0.05) is 6.07 Å². The van der Waals surface area contributed by atoms with E-state index in [2.05, 4.69) is 45.8 Å². The van der Waals surface area contributed by atoms with Crippen LogP contribution in [-0.2, 0) is 16.7 Å². The van der Waals surface area contributed by atoms with Crippen LogP contribution in [0, 0.1) is 17.5 Å². The molecular weight excluding hydrogens is 411 g/mol. The first kappa shape index (κ1) is 22.2. The van der Waals surface area contributed by atoms with Crippen LogP contribution in [-0.4, -0.2) is 46.2 Å². The van der Waals surface area contributed by atoms with Crippen molar-refractivity contribution < 1.29 is 9.13 Å². The Bertz CT molecular complexity index is 1040. The summed E-state index contributed by atoms with van der Waals surface area (Å²) in [6.45, 7) is 12.0. The molecule has 0 amide bonds. The zero-order chi connectivity index (χ0) is 22.1. The third-order valence-corrected chi connectivity index (χ3v) is 7.72. The van der Waals surface area contributed by atoms with Gasteiger partial charge in [0.1, 0.15) is 11.0 Å². The molecule has 4 rings (SSSR count). The van der Waals surface area contributed by atoms with Crippen molar-refractivity contribution >= 4 is 22.4 Å². The Morgan fingerprint density at radius 2 is 1.97 bits per heavy atom. The minimum absolute atomic E-state index is 0.0421. The lowest BCUT2D eigenvalue weighted by atomic mass is 9.82. The number of nitrogens with zero attached hydrogens (tertiary/aromatic N) is 4. The molecule has 4 heterocycles. The van der Waals surface area contributed by atoms with Gasteiger partial charge in [-0.15, -0.1) is 11.3 Å². The van der Waals surface area contributed by atoms with E-state index in [1.807, 2.05) is 20.0 Å². The van der Waals surface area contributed by atoms with Gasteiger partial charge >= 0.3 is 0 Å². The highest BCUT2D eigenvalue weighted by Crippen LogP contribution is 2.42. The van der Waals surface area contributed by atoms with Gasteiger partial charge in [0.05, 0.1) is 6.61 Å². The van der Waals surface area contributed by atoms with Crippen LogP contribution in [0.3, 0.4) is 0 Å². The topological polar surface area (TPSA) is 51.1 Å². The average Bonchev–Trinajstić information content (AvgIpc) is 3.34. The molecule has 0 unspecified atom stereocenters. The Balaban J connectivity index is 1.53. The van der Waals surface area contributed by atoms with Gasteiger partial charge in [-0.2, -0.15) is 4.39 Å². The number of rotatable bonds is 8. The maximum Gasteiger partial charge on any atom is 0.204 e. The van der Waals surface area contributed by atoms with Crippen LogP contribution in [0.1, 0.15) is 49.7 Å². The number of aryl methyl sites for hydroxylation is 2. The number of aromatic nitrogens is 3. The lowest BCUT2D eigenvalue weighted by Crippen LogP contribution is -2.42. The zero-order valence-corrected chi connectivity index (χ0v) is 19.6. The van der Waals surface area contributed by atoms with Crippen LogP contribution in [0.25, 0.3) is 11.0 Å². The van der Waals surface area contributed by atoms with Crippen molar-refractivity contribution in [2.24, 2.45) is 5.41 Å². The van der Waals surface area contributed by atoms with Gasteiger partial charge in [0, 0.05) is 53.3 Å². The zero-order valence-electron chi connectivity index (χ0n) is 18.8. The molecule has 1 aliphatic rings. The van der Waals surface area contributed by atoms with E-state index in [1.165, 1.54) is 16.9 Å². The molecule has 0 spiro atoms. The first-order chi connectivity index (χ1) is 14.8. The largest absolute Gasteiger partial charge is 0.381 e. The number of thiophene rings is 1. The third kappa shape index (κ3) is 4.49. The Hall–Kier alpha value is -1.96. The highest BCUT2D eigenvalue weighted by atomic mass is 32.1. The normalized spacial score (nSPS) is 20.0. The fourth-order valence-electron chi connectivity index (χ4n) is 4.58. The van der Waals surface area contributed by atoms with Crippen molar-refractivity contribution in [2.75, 3.05) is 26.3 Å². The van der Waals surface area contributed by atoms with E-state index in [-0.39, 0.29) is 16.1 Å². The average molecular weight is 443 g/mol. The van der Waals surface area contributed by atoms with Crippen LogP contribution < -0.4 is 0 Å². The van der Waals surface area contributed by atoms with E-state index in [0.717, 1.165) is 49.5 Å². The van der Waals surface area contributed by atoms with Gasteiger partial charge < -0.3 is 4.74 Å². The molecule has 0 aliphatic carbocycles. The fourth-order valence-corrected chi connectivity index (χ4v) is 5.49. The number of likely N-dealkylation sites (tertiary alicyclic amines) is 1. The number of pyridine rings is 1. The molecule has 0 saturated carbocycles. The summed E-state index contributed by atoms with van der Waals surface area (Å²) >= 11 is 1.18. The Morgan fingerprint density at radius 1 is 1.19 bits per heavy atom. The molecule has 0 bridgehead atoms. The summed E-state index contributed by atoms with van der Waals surface area (Å²) in [4.78, 5) is 16.6. The van der Waals surface area contributed by atoms with Crippen molar-refractivity contribution in [1.82, 2.24) is 19.9 Å². The first-order valence-electron chi connectivity index (χ1n) is 11.0. The van der Waals surface area contributed by atoms with Crippen LogP contribution in [0.15, 0.2) is 30.7 Å². The number of hydrogen-bond donors (Lipinski definition) is 0. The number of fused-ring (bicyclic) bond motifs is 1. The predicted octanol–water partition coefficient (Wildman–Crippen LogP) is 5.13. The molecule has 1 fully saturated rings. The number of halogens is 1. The molecule has 0 aromatic carbocycles. The van der Waals surface area contributed by atoms with Gasteiger partial charge in [0.2, 0.25) is 5.13 Å². The van der Waals surface area contributed by atoms with Crippen LogP contribution in [0.5, 0.6) is 0 Å². The van der Waals surface area contributed by atoms with Crippen LogP contribution >= 0.6 is 11.3 Å². The summed E-state index contributed by atoms with van der Waals surface area (Å²) in [6.07, 6.45) is 7.98. The molecular formula is C24H31FN4OS. The Labute approximate surface area is 187 Å². The highest BCUT2D eigenvalue weighted by molar-refractivity contribution is 7.11. The van der Waals surface area contributed by atoms with Crippen molar-refractivity contribution in [2.45, 2.75) is 52.5 Å². The van der Waals surface area contributed by atoms with E-state index in [4.69, 9.17) is 4.74 Å². The second kappa shape index (κ2) is 8.88. The van der Waals surface area contributed by atoms with Gasteiger partial charge in [-0.25, -0.2) is 4.98 Å². The minimum Gasteiger partial charge on any atom is -0.381 e. The molecule has 1 saturated heterocycles. The molecule has 166 valence electrons. The molecule has 1 aliphatic heterocycles. The van der Waals surface area contributed by atoms with Gasteiger partial charge in [0.15, 0.2) is 0 Å². The van der Waals surface area contributed by atoms with Crippen LogP contribution in [0.4, 0.5) is 4.39 Å².